The number of aryl methyl sites for hydroxylation is 2. The predicted molar refractivity (Wildman–Crippen MR) is 145 cm³/mol. The lowest BCUT2D eigenvalue weighted by atomic mass is 10.1. The molecule has 6 nitrogen and oxygen atoms in total. The molecule has 0 amide bonds. The molecule has 0 radical (unpaired) electrons. The van der Waals surface area contributed by atoms with Gasteiger partial charge in [0.2, 0.25) is 0 Å². The van der Waals surface area contributed by atoms with Crippen molar-refractivity contribution in [2.24, 2.45) is 0 Å². The van der Waals surface area contributed by atoms with Crippen molar-refractivity contribution in [1.29, 1.82) is 0 Å². The van der Waals surface area contributed by atoms with Crippen LogP contribution in [0.4, 0.5) is 0 Å². The molecule has 178 valence electrons. The van der Waals surface area contributed by atoms with Crippen LogP contribution in [0.25, 0.3) is 38.9 Å². The molecule has 0 aliphatic rings. The minimum Gasteiger partial charge on any atom is -0.294 e. The number of nitrogens with zero attached hydrogens (tertiary/aromatic N) is 5. The molecule has 0 saturated carbocycles. The fraction of sp³-hybridized carbons (Fsp3) is 0.200. The van der Waals surface area contributed by atoms with Gasteiger partial charge < -0.3 is 0 Å². The standard InChI is InChI=1S/C30H27N5O/c1-3-4-7-21-14-16-23(17-15-21)35-28-26(27-29(35)33-25-9-6-5-8-24(25)32-27)30(36)34(19-31-28)18-22-12-10-20(2)11-13-22/h5-6,8-17,19H,3-4,7,18H2,1-2H3. The highest BCUT2D eigenvalue weighted by Crippen LogP contribution is 2.28. The molecule has 3 heterocycles. The first-order valence-electron chi connectivity index (χ1n) is 12.4. The summed E-state index contributed by atoms with van der Waals surface area (Å²) in [5.74, 6) is 0. The summed E-state index contributed by atoms with van der Waals surface area (Å²) < 4.78 is 3.62. The van der Waals surface area contributed by atoms with Gasteiger partial charge in [-0.2, -0.15) is 0 Å². The van der Waals surface area contributed by atoms with Gasteiger partial charge in [0.05, 0.1) is 17.6 Å². The first-order chi connectivity index (χ1) is 17.6. The van der Waals surface area contributed by atoms with Crippen LogP contribution in [0.15, 0.2) is 83.9 Å². The third kappa shape index (κ3) is 3.85. The lowest BCUT2D eigenvalue weighted by Gasteiger charge is -2.09. The fourth-order valence-electron chi connectivity index (χ4n) is 4.71. The van der Waals surface area contributed by atoms with Gasteiger partial charge >= 0.3 is 0 Å². The molecule has 0 fully saturated rings. The van der Waals surface area contributed by atoms with Gasteiger partial charge in [-0.3, -0.25) is 13.9 Å². The summed E-state index contributed by atoms with van der Waals surface area (Å²) in [5, 5.41) is 0.493. The number of para-hydroxylation sites is 2. The van der Waals surface area contributed by atoms with Crippen LogP contribution in [0.1, 0.15) is 36.5 Å². The Morgan fingerprint density at radius 3 is 2.22 bits per heavy atom. The minimum absolute atomic E-state index is 0.117. The van der Waals surface area contributed by atoms with Gasteiger partial charge in [0.1, 0.15) is 17.2 Å². The van der Waals surface area contributed by atoms with Crippen LogP contribution in [-0.2, 0) is 13.0 Å². The predicted octanol–water partition coefficient (Wildman–Crippen LogP) is 5.98. The van der Waals surface area contributed by atoms with Crippen LogP contribution in [-0.4, -0.2) is 24.1 Å². The van der Waals surface area contributed by atoms with E-state index in [1.54, 1.807) is 10.9 Å². The summed E-state index contributed by atoms with van der Waals surface area (Å²) in [4.78, 5) is 28.4. The maximum absolute atomic E-state index is 13.8. The molecule has 0 unspecified atom stereocenters. The Kier molecular flexibility index (Phi) is 5.56. The second-order valence-corrected chi connectivity index (χ2v) is 9.35. The molecule has 3 aromatic carbocycles. The Labute approximate surface area is 208 Å². The molecule has 3 aromatic heterocycles. The largest absolute Gasteiger partial charge is 0.294 e. The van der Waals surface area contributed by atoms with Crippen molar-refractivity contribution in [3.8, 4) is 5.69 Å². The van der Waals surface area contributed by atoms with E-state index < -0.39 is 0 Å². The van der Waals surface area contributed by atoms with Crippen LogP contribution in [0.2, 0.25) is 0 Å². The topological polar surface area (TPSA) is 65.6 Å². The van der Waals surface area contributed by atoms with Gasteiger partial charge in [0.25, 0.3) is 5.56 Å². The maximum Gasteiger partial charge on any atom is 0.265 e. The maximum atomic E-state index is 13.8. The van der Waals surface area contributed by atoms with E-state index in [1.807, 2.05) is 41.0 Å². The molecular weight excluding hydrogens is 446 g/mol. The summed E-state index contributed by atoms with van der Waals surface area (Å²) in [5.41, 5.74) is 7.67. The van der Waals surface area contributed by atoms with E-state index >= 15 is 0 Å². The van der Waals surface area contributed by atoms with Gasteiger partial charge in [-0.25, -0.2) is 15.0 Å². The van der Waals surface area contributed by atoms with E-state index in [4.69, 9.17) is 15.0 Å². The highest BCUT2D eigenvalue weighted by Gasteiger charge is 2.21. The highest BCUT2D eigenvalue weighted by molar-refractivity contribution is 6.05. The van der Waals surface area contributed by atoms with E-state index in [0.29, 0.717) is 28.7 Å². The lowest BCUT2D eigenvalue weighted by Crippen LogP contribution is -2.21. The van der Waals surface area contributed by atoms with Crippen molar-refractivity contribution >= 4 is 33.2 Å². The van der Waals surface area contributed by atoms with Gasteiger partial charge in [-0.1, -0.05) is 67.4 Å². The monoisotopic (exact) mass is 473 g/mol. The molecule has 0 aliphatic heterocycles. The summed E-state index contributed by atoms with van der Waals surface area (Å²) >= 11 is 0. The Hall–Kier alpha value is -4.32. The summed E-state index contributed by atoms with van der Waals surface area (Å²) in [6, 6.07) is 24.4. The zero-order valence-corrected chi connectivity index (χ0v) is 20.5. The normalized spacial score (nSPS) is 11.6. The summed E-state index contributed by atoms with van der Waals surface area (Å²) in [6.07, 6.45) is 5.01. The lowest BCUT2D eigenvalue weighted by molar-refractivity contribution is 0.746. The number of fused-ring (bicyclic) bond motifs is 4. The average molecular weight is 474 g/mol. The fourth-order valence-corrected chi connectivity index (χ4v) is 4.71. The third-order valence-corrected chi connectivity index (χ3v) is 6.72. The molecule has 0 bridgehead atoms. The molecule has 0 spiro atoms. The first kappa shape index (κ1) is 22.2. The molecule has 6 rings (SSSR count). The van der Waals surface area contributed by atoms with Crippen LogP contribution < -0.4 is 5.56 Å². The molecule has 6 aromatic rings. The minimum atomic E-state index is -0.117. The van der Waals surface area contributed by atoms with E-state index in [-0.39, 0.29) is 5.56 Å². The number of aromatic nitrogens is 5. The first-order valence-corrected chi connectivity index (χ1v) is 12.4. The SMILES string of the molecule is CCCCc1ccc(-n2c3nc4ccccc4nc3c3c(=O)n(Cc4ccc(C)cc4)cnc32)cc1. The second kappa shape index (κ2) is 9.04. The van der Waals surface area contributed by atoms with Crippen molar-refractivity contribution in [2.45, 2.75) is 39.7 Å². The van der Waals surface area contributed by atoms with E-state index in [9.17, 15) is 4.79 Å². The van der Waals surface area contributed by atoms with E-state index in [1.165, 1.54) is 11.1 Å². The summed E-state index contributed by atoms with van der Waals surface area (Å²) in [6.45, 7) is 4.70. The number of hydrogen-bond acceptors (Lipinski definition) is 4. The van der Waals surface area contributed by atoms with Crippen LogP contribution in [0, 0.1) is 6.92 Å². The number of benzene rings is 3. The van der Waals surface area contributed by atoms with E-state index in [2.05, 4.69) is 50.2 Å². The average Bonchev–Trinajstić information content (AvgIpc) is 3.23. The van der Waals surface area contributed by atoms with Crippen LogP contribution >= 0.6 is 0 Å². The molecule has 0 saturated heterocycles. The molecule has 0 N–H and O–H groups in total. The molecular formula is C30H27N5O. The van der Waals surface area contributed by atoms with Crippen LogP contribution in [0.5, 0.6) is 0 Å². The van der Waals surface area contributed by atoms with E-state index in [0.717, 1.165) is 41.5 Å². The Balaban J connectivity index is 1.58. The molecule has 36 heavy (non-hydrogen) atoms. The van der Waals surface area contributed by atoms with Crippen LogP contribution in [0.3, 0.4) is 0 Å². The highest BCUT2D eigenvalue weighted by atomic mass is 16.1. The number of hydrogen-bond donors (Lipinski definition) is 0. The number of rotatable bonds is 6. The molecule has 0 aliphatic carbocycles. The van der Waals surface area contributed by atoms with Crippen molar-refractivity contribution in [1.82, 2.24) is 24.1 Å². The van der Waals surface area contributed by atoms with Gasteiger partial charge in [0.15, 0.2) is 11.3 Å². The Morgan fingerprint density at radius 1 is 0.806 bits per heavy atom. The quantitative estimate of drug-likeness (QED) is 0.298. The zero-order chi connectivity index (χ0) is 24.6. The van der Waals surface area contributed by atoms with Gasteiger partial charge in [-0.05, 0) is 55.2 Å². The third-order valence-electron chi connectivity index (χ3n) is 6.72. The smallest absolute Gasteiger partial charge is 0.265 e. The Bertz CT molecular complexity index is 1760. The second-order valence-electron chi connectivity index (χ2n) is 9.35. The van der Waals surface area contributed by atoms with Gasteiger partial charge in [-0.15, -0.1) is 0 Å². The zero-order valence-electron chi connectivity index (χ0n) is 20.5. The van der Waals surface area contributed by atoms with Crippen molar-refractivity contribution < 1.29 is 0 Å². The molecule has 6 heteroatoms. The Morgan fingerprint density at radius 2 is 1.50 bits per heavy atom. The van der Waals surface area contributed by atoms with Crippen molar-refractivity contribution in [3.05, 3.63) is 106 Å². The molecule has 0 atom stereocenters. The summed E-state index contributed by atoms with van der Waals surface area (Å²) in [7, 11) is 0. The number of unbranched alkanes of at least 4 members (excludes halogenated alkanes) is 1. The van der Waals surface area contributed by atoms with Gasteiger partial charge in [0, 0.05) is 5.69 Å². The van der Waals surface area contributed by atoms with Crippen molar-refractivity contribution in [3.63, 3.8) is 0 Å². The van der Waals surface area contributed by atoms with Crippen molar-refractivity contribution in [2.75, 3.05) is 0 Å².